The van der Waals surface area contributed by atoms with Crippen molar-refractivity contribution in [1.82, 2.24) is 9.97 Å². The summed E-state index contributed by atoms with van der Waals surface area (Å²) in [5.41, 5.74) is 8.63. The molecule has 2 rings (SSSR count). The van der Waals surface area contributed by atoms with E-state index in [1.54, 1.807) is 0 Å². The Hall–Kier alpha value is -0.830. The Morgan fingerprint density at radius 2 is 2.00 bits per heavy atom. The average molecular weight is 193 g/mol. The molecule has 3 nitrogen and oxygen atoms in total. The third-order valence-electron chi connectivity index (χ3n) is 3.01. The first-order valence-corrected chi connectivity index (χ1v) is 5.51. The van der Waals surface area contributed by atoms with Crippen molar-refractivity contribution in [3.05, 3.63) is 17.2 Å². The molecule has 0 radical (unpaired) electrons. The zero-order valence-corrected chi connectivity index (χ0v) is 9.01. The fraction of sp³-hybridized carbons (Fsp3) is 0.727. The van der Waals surface area contributed by atoms with Gasteiger partial charge in [-0.2, -0.15) is 0 Å². The van der Waals surface area contributed by atoms with Crippen molar-refractivity contribution in [2.24, 2.45) is 11.7 Å². The van der Waals surface area contributed by atoms with Crippen LogP contribution < -0.4 is 5.73 Å². The van der Waals surface area contributed by atoms with Crippen molar-refractivity contribution in [2.45, 2.75) is 45.6 Å². The van der Waals surface area contributed by atoms with Crippen LogP contribution in [-0.2, 0) is 12.8 Å². The van der Waals surface area contributed by atoms with Gasteiger partial charge in [-0.05, 0) is 31.6 Å². The Labute approximate surface area is 85.1 Å². The van der Waals surface area contributed by atoms with Crippen LogP contribution >= 0.6 is 0 Å². The summed E-state index contributed by atoms with van der Waals surface area (Å²) in [7, 11) is 0. The molecule has 1 aromatic rings. The number of imidazole rings is 1. The van der Waals surface area contributed by atoms with Crippen LogP contribution in [0, 0.1) is 5.92 Å². The van der Waals surface area contributed by atoms with Gasteiger partial charge in [0.25, 0.3) is 0 Å². The lowest BCUT2D eigenvalue weighted by molar-refractivity contribution is 0.493. The second-order valence-electron chi connectivity index (χ2n) is 4.52. The molecule has 1 aromatic heterocycles. The number of H-pyrrole nitrogens is 1. The van der Waals surface area contributed by atoms with E-state index in [2.05, 4.69) is 23.8 Å². The summed E-state index contributed by atoms with van der Waals surface area (Å²) >= 11 is 0. The highest BCUT2D eigenvalue weighted by atomic mass is 15.0. The average Bonchev–Trinajstić information content (AvgIpc) is 2.59. The maximum atomic E-state index is 6.06. The van der Waals surface area contributed by atoms with E-state index in [-0.39, 0.29) is 6.04 Å². The first-order chi connectivity index (χ1) is 6.68. The maximum Gasteiger partial charge on any atom is 0.123 e. The summed E-state index contributed by atoms with van der Waals surface area (Å²) in [6.07, 6.45) is 4.82. The van der Waals surface area contributed by atoms with Gasteiger partial charge in [0.15, 0.2) is 0 Å². The van der Waals surface area contributed by atoms with Gasteiger partial charge in [0.2, 0.25) is 0 Å². The molecule has 3 heteroatoms. The summed E-state index contributed by atoms with van der Waals surface area (Å²) < 4.78 is 0. The van der Waals surface area contributed by atoms with Gasteiger partial charge in [0.1, 0.15) is 5.82 Å². The predicted molar refractivity (Wildman–Crippen MR) is 57.0 cm³/mol. The highest BCUT2D eigenvalue weighted by Crippen LogP contribution is 2.23. The number of hydrogen-bond donors (Lipinski definition) is 2. The molecule has 0 aromatic carbocycles. The SMILES string of the molecule is CC(C)[C@H](N)c1nc2c([nH]1)CCCC2. The predicted octanol–water partition coefficient (Wildman–Crippen LogP) is 1.94. The van der Waals surface area contributed by atoms with Gasteiger partial charge in [-0.25, -0.2) is 4.98 Å². The van der Waals surface area contributed by atoms with E-state index in [0.717, 1.165) is 18.7 Å². The number of aromatic amines is 1. The molecule has 0 bridgehead atoms. The Balaban J connectivity index is 2.23. The zero-order valence-electron chi connectivity index (χ0n) is 9.01. The lowest BCUT2D eigenvalue weighted by Gasteiger charge is -2.11. The molecule has 1 aliphatic rings. The highest BCUT2D eigenvalue weighted by molar-refractivity contribution is 5.19. The van der Waals surface area contributed by atoms with Crippen molar-refractivity contribution in [3.63, 3.8) is 0 Å². The van der Waals surface area contributed by atoms with Gasteiger partial charge in [-0.1, -0.05) is 13.8 Å². The van der Waals surface area contributed by atoms with Gasteiger partial charge < -0.3 is 10.7 Å². The van der Waals surface area contributed by atoms with Crippen LogP contribution in [0.5, 0.6) is 0 Å². The number of aryl methyl sites for hydroxylation is 2. The van der Waals surface area contributed by atoms with Gasteiger partial charge >= 0.3 is 0 Å². The number of hydrogen-bond acceptors (Lipinski definition) is 2. The Morgan fingerprint density at radius 1 is 1.29 bits per heavy atom. The molecule has 0 saturated carbocycles. The third kappa shape index (κ3) is 1.69. The van der Waals surface area contributed by atoms with Crippen LogP contribution in [0.3, 0.4) is 0 Å². The minimum absolute atomic E-state index is 0.0561. The van der Waals surface area contributed by atoms with Crippen molar-refractivity contribution < 1.29 is 0 Å². The van der Waals surface area contributed by atoms with E-state index in [0.29, 0.717) is 5.92 Å². The number of nitrogens with one attached hydrogen (secondary N) is 1. The lowest BCUT2D eigenvalue weighted by atomic mass is 10.0. The van der Waals surface area contributed by atoms with Gasteiger partial charge in [0.05, 0.1) is 11.7 Å². The summed E-state index contributed by atoms with van der Waals surface area (Å²) in [4.78, 5) is 7.97. The molecule has 1 heterocycles. The maximum absolute atomic E-state index is 6.06. The van der Waals surface area contributed by atoms with Gasteiger partial charge in [-0.15, -0.1) is 0 Å². The van der Waals surface area contributed by atoms with Gasteiger partial charge in [-0.3, -0.25) is 0 Å². The van der Waals surface area contributed by atoms with Crippen molar-refractivity contribution >= 4 is 0 Å². The van der Waals surface area contributed by atoms with E-state index in [4.69, 9.17) is 5.73 Å². The van der Waals surface area contributed by atoms with Crippen LogP contribution in [0.25, 0.3) is 0 Å². The molecule has 0 unspecified atom stereocenters. The van der Waals surface area contributed by atoms with E-state index < -0.39 is 0 Å². The van der Waals surface area contributed by atoms with E-state index >= 15 is 0 Å². The lowest BCUT2D eigenvalue weighted by Crippen LogP contribution is -2.18. The second kappa shape index (κ2) is 3.73. The molecule has 14 heavy (non-hydrogen) atoms. The molecular weight excluding hydrogens is 174 g/mol. The fourth-order valence-electron chi connectivity index (χ4n) is 1.95. The van der Waals surface area contributed by atoms with Gasteiger partial charge in [0, 0.05) is 5.69 Å². The molecule has 78 valence electrons. The van der Waals surface area contributed by atoms with Crippen LogP contribution in [0.15, 0.2) is 0 Å². The van der Waals surface area contributed by atoms with Crippen LogP contribution in [0.4, 0.5) is 0 Å². The minimum Gasteiger partial charge on any atom is -0.344 e. The third-order valence-corrected chi connectivity index (χ3v) is 3.01. The van der Waals surface area contributed by atoms with Crippen LogP contribution in [0.2, 0.25) is 0 Å². The largest absolute Gasteiger partial charge is 0.344 e. The number of fused-ring (bicyclic) bond motifs is 1. The van der Waals surface area contributed by atoms with Crippen molar-refractivity contribution in [1.29, 1.82) is 0 Å². The first-order valence-electron chi connectivity index (χ1n) is 5.51. The fourth-order valence-corrected chi connectivity index (χ4v) is 1.95. The molecule has 1 atom stereocenters. The second-order valence-corrected chi connectivity index (χ2v) is 4.52. The smallest absolute Gasteiger partial charge is 0.123 e. The van der Waals surface area contributed by atoms with E-state index in [1.807, 2.05) is 0 Å². The van der Waals surface area contributed by atoms with Crippen molar-refractivity contribution in [3.8, 4) is 0 Å². The van der Waals surface area contributed by atoms with Crippen LogP contribution in [-0.4, -0.2) is 9.97 Å². The zero-order chi connectivity index (χ0) is 10.1. The number of nitrogens with two attached hydrogens (primary N) is 1. The standard InChI is InChI=1S/C11H19N3/c1-7(2)10(12)11-13-8-5-3-4-6-9(8)14-11/h7,10H,3-6,12H2,1-2H3,(H,13,14)/t10-/m0/s1. The Bertz CT molecular complexity index is 291. The molecule has 3 N–H and O–H groups in total. The first kappa shape index (κ1) is 9.71. The summed E-state index contributed by atoms with van der Waals surface area (Å²) in [6.45, 7) is 4.26. The summed E-state index contributed by atoms with van der Waals surface area (Å²) in [5, 5.41) is 0. The topological polar surface area (TPSA) is 54.7 Å². The monoisotopic (exact) mass is 193 g/mol. The molecular formula is C11H19N3. The van der Waals surface area contributed by atoms with E-state index in [1.165, 1.54) is 24.2 Å². The highest BCUT2D eigenvalue weighted by Gasteiger charge is 2.19. The molecule has 0 spiro atoms. The van der Waals surface area contributed by atoms with E-state index in [9.17, 15) is 0 Å². The summed E-state index contributed by atoms with van der Waals surface area (Å²) in [6, 6.07) is 0.0561. The summed E-state index contributed by atoms with van der Waals surface area (Å²) in [5.74, 6) is 1.43. The van der Waals surface area contributed by atoms with Crippen LogP contribution in [0.1, 0.15) is 49.9 Å². The quantitative estimate of drug-likeness (QED) is 0.754. The normalized spacial score (nSPS) is 18.3. The van der Waals surface area contributed by atoms with Crippen molar-refractivity contribution in [2.75, 3.05) is 0 Å². The molecule has 0 amide bonds. The Kier molecular flexibility index (Phi) is 2.59. The number of aromatic nitrogens is 2. The Morgan fingerprint density at radius 3 is 2.64 bits per heavy atom. The number of rotatable bonds is 2. The number of nitrogens with zero attached hydrogens (tertiary/aromatic N) is 1. The minimum atomic E-state index is 0.0561. The molecule has 1 aliphatic carbocycles. The molecule has 0 aliphatic heterocycles. The molecule has 0 fully saturated rings. The molecule has 0 saturated heterocycles.